The third-order valence-corrected chi connectivity index (χ3v) is 3.48. The molecule has 1 amide bonds. The Morgan fingerprint density at radius 2 is 2.25 bits per heavy atom. The number of hydrogen-bond donors (Lipinski definition) is 2. The van der Waals surface area contributed by atoms with Gasteiger partial charge in [0.15, 0.2) is 0 Å². The van der Waals surface area contributed by atoms with Crippen molar-refractivity contribution < 1.29 is 9.53 Å². The minimum absolute atomic E-state index is 0.0839. The van der Waals surface area contributed by atoms with Crippen LogP contribution in [0.25, 0.3) is 0 Å². The molecule has 0 unspecified atom stereocenters. The first-order chi connectivity index (χ1) is 9.78. The molecule has 0 saturated carbocycles. The first-order valence-corrected chi connectivity index (χ1v) is 7.50. The Hall–Kier alpha value is -1.33. The fraction of sp³-hybridized carbons (Fsp3) is 0.667. The van der Waals surface area contributed by atoms with Crippen molar-refractivity contribution in [2.24, 2.45) is 0 Å². The van der Waals surface area contributed by atoms with Crippen molar-refractivity contribution in [2.75, 3.05) is 19.8 Å². The van der Waals surface area contributed by atoms with Gasteiger partial charge in [0.1, 0.15) is 6.54 Å². The molecular weight excluding hydrogens is 254 g/mol. The largest absolute Gasteiger partial charge is 0.381 e. The van der Waals surface area contributed by atoms with Crippen LogP contribution >= 0.6 is 0 Å². The molecule has 5 nitrogen and oxygen atoms in total. The Morgan fingerprint density at radius 1 is 1.45 bits per heavy atom. The van der Waals surface area contributed by atoms with Gasteiger partial charge < -0.3 is 19.9 Å². The van der Waals surface area contributed by atoms with Gasteiger partial charge in [-0.3, -0.25) is 4.79 Å². The Morgan fingerprint density at radius 3 is 3.00 bits per heavy atom. The van der Waals surface area contributed by atoms with Gasteiger partial charge in [-0.05, 0) is 37.4 Å². The fourth-order valence-corrected chi connectivity index (χ4v) is 2.38. The van der Waals surface area contributed by atoms with Crippen molar-refractivity contribution in [3.63, 3.8) is 0 Å². The van der Waals surface area contributed by atoms with Crippen molar-refractivity contribution in [3.05, 3.63) is 24.0 Å². The third-order valence-electron chi connectivity index (χ3n) is 3.48. The molecule has 20 heavy (non-hydrogen) atoms. The number of aromatic nitrogens is 1. The van der Waals surface area contributed by atoms with Crippen LogP contribution < -0.4 is 10.6 Å². The van der Waals surface area contributed by atoms with E-state index in [-0.39, 0.29) is 11.9 Å². The van der Waals surface area contributed by atoms with Gasteiger partial charge >= 0.3 is 0 Å². The van der Waals surface area contributed by atoms with E-state index >= 15 is 0 Å². The predicted octanol–water partition coefficient (Wildman–Crippen LogP) is 1.28. The van der Waals surface area contributed by atoms with E-state index in [1.54, 1.807) is 0 Å². The molecule has 0 spiro atoms. The van der Waals surface area contributed by atoms with Gasteiger partial charge in [0.05, 0.1) is 0 Å². The number of nitrogens with zero attached hydrogens (tertiary/aromatic N) is 1. The topological polar surface area (TPSA) is 55.3 Å². The highest BCUT2D eigenvalue weighted by molar-refractivity contribution is 5.76. The van der Waals surface area contributed by atoms with Crippen LogP contribution in [-0.4, -0.2) is 36.3 Å². The summed E-state index contributed by atoms with van der Waals surface area (Å²) < 4.78 is 7.23. The summed E-state index contributed by atoms with van der Waals surface area (Å²) in [6.45, 7) is 5.94. The van der Waals surface area contributed by atoms with Crippen LogP contribution in [0.2, 0.25) is 0 Å². The maximum Gasteiger partial charge on any atom is 0.240 e. The lowest BCUT2D eigenvalue weighted by molar-refractivity contribution is -0.122. The zero-order valence-electron chi connectivity index (χ0n) is 12.2. The first kappa shape index (κ1) is 15.1. The van der Waals surface area contributed by atoms with Gasteiger partial charge in [-0.25, -0.2) is 0 Å². The molecule has 1 fully saturated rings. The van der Waals surface area contributed by atoms with E-state index in [9.17, 15) is 4.79 Å². The number of carbonyl (C=O) groups excluding carboxylic acids is 1. The molecular formula is C15H25N3O2. The Bertz CT molecular complexity index is 411. The van der Waals surface area contributed by atoms with Crippen LogP contribution in [0.1, 0.15) is 31.7 Å². The van der Waals surface area contributed by atoms with E-state index in [0.717, 1.165) is 45.6 Å². The van der Waals surface area contributed by atoms with E-state index < -0.39 is 0 Å². The molecule has 0 radical (unpaired) electrons. The number of carbonyl (C=O) groups is 1. The number of nitrogens with one attached hydrogen (secondary N) is 2. The maximum atomic E-state index is 12.0. The average Bonchev–Trinajstić information content (AvgIpc) is 2.87. The average molecular weight is 279 g/mol. The van der Waals surface area contributed by atoms with E-state index in [0.29, 0.717) is 6.54 Å². The minimum atomic E-state index is 0.0839. The van der Waals surface area contributed by atoms with Crippen LogP contribution in [0.4, 0.5) is 0 Å². The summed E-state index contributed by atoms with van der Waals surface area (Å²) >= 11 is 0. The molecule has 1 aliphatic heterocycles. The van der Waals surface area contributed by atoms with Gasteiger partial charge in [0.25, 0.3) is 0 Å². The Labute approximate surface area is 120 Å². The molecule has 1 aliphatic rings. The predicted molar refractivity (Wildman–Crippen MR) is 78.4 cm³/mol. The molecule has 1 saturated heterocycles. The highest BCUT2D eigenvalue weighted by Gasteiger charge is 2.15. The highest BCUT2D eigenvalue weighted by atomic mass is 16.5. The quantitative estimate of drug-likeness (QED) is 0.739. The van der Waals surface area contributed by atoms with Crippen molar-refractivity contribution in [1.82, 2.24) is 15.2 Å². The minimum Gasteiger partial charge on any atom is -0.381 e. The lowest BCUT2D eigenvalue weighted by Crippen LogP contribution is -2.40. The molecule has 2 N–H and O–H groups in total. The van der Waals surface area contributed by atoms with Crippen LogP contribution in [0, 0.1) is 0 Å². The second kappa shape index (κ2) is 8.07. The van der Waals surface area contributed by atoms with Gasteiger partial charge in [-0.15, -0.1) is 0 Å². The second-order valence-electron chi connectivity index (χ2n) is 5.32. The first-order valence-electron chi connectivity index (χ1n) is 7.50. The Balaban J connectivity index is 1.73. The molecule has 0 bridgehead atoms. The van der Waals surface area contributed by atoms with Crippen molar-refractivity contribution >= 4 is 5.91 Å². The van der Waals surface area contributed by atoms with E-state index in [1.165, 1.54) is 5.56 Å². The smallest absolute Gasteiger partial charge is 0.240 e. The SMILES string of the molecule is CCCNCc1ccn(CC(=O)NC2CCOCC2)c1. The molecule has 5 heteroatoms. The summed E-state index contributed by atoms with van der Waals surface area (Å²) in [6.07, 6.45) is 6.97. The van der Waals surface area contributed by atoms with E-state index in [2.05, 4.69) is 23.6 Å². The van der Waals surface area contributed by atoms with Crippen LogP contribution in [-0.2, 0) is 22.6 Å². The maximum absolute atomic E-state index is 12.0. The van der Waals surface area contributed by atoms with Crippen LogP contribution in [0.3, 0.4) is 0 Å². The van der Waals surface area contributed by atoms with Crippen molar-refractivity contribution in [2.45, 2.75) is 45.3 Å². The zero-order valence-corrected chi connectivity index (χ0v) is 12.2. The number of hydrogen-bond acceptors (Lipinski definition) is 3. The summed E-state index contributed by atoms with van der Waals surface area (Å²) in [5.74, 6) is 0.0839. The van der Waals surface area contributed by atoms with Gasteiger partial charge in [0.2, 0.25) is 5.91 Å². The highest BCUT2D eigenvalue weighted by Crippen LogP contribution is 2.06. The zero-order chi connectivity index (χ0) is 14.2. The summed E-state index contributed by atoms with van der Waals surface area (Å²) in [7, 11) is 0. The third kappa shape index (κ3) is 4.98. The number of rotatable bonds is 7. The lowest BCUT2D eigenvalue weighted by atomic mass is 10.1. The summed E-state index contributed by atoms with van der Waals surface area (Å²) in [5.41, 5.74) is 1.22. The summed E-state index contributed by atoms with van der Waals surface area (Å²) in [6, 6.07) is 2.34. The number of amides is 1. The second-order valence-corrected chi connectivity index (χ2v) is 5.32. The van der Waals surface area contributed by atoms with E-state index in [4.69, 9.17) is 4.74 Å². The number of ether oxygens (including phenoxy) is 1. The lowest BCUT2D eigenvalue weighted by Gasteiger charge is -2.23. The normalized spacial score (nSPS) is 16.2. The monoisotopic (exact) mass is 279 g/mol. The van der Waals surface area contributed by atoms with Crippen molar-refractivity contribution in [3.8, 4) is 0 Å². The van der Waals surface area contributed by atoms with Gasteiger partial charge in [-0.2, -0.15) is 0 Å². The van der Waals surface area contributed by atoms with Gasteiger partial charge in [0, 0.05) is 38.2 Å². The molecule has 0 aromatic carbocycles. The summed E-state index contributed by atoms with van der Waals surface area (Å²) in [5, 5.41) is 6.43. The standard InChI is InChI=1S/C15H25N3O2/c1-2-6-16-10-13-3-7-18(11-13)12-15(19)17-14-4-8-20-9-5-14/h3,7,11,14,16H,2,4-6,8-10,12H2,1H3,(H,17,19). The Kier molecular flexibility index (Phi) is 6.08. The van der Waals surface area contributed by atoms with E-state index in [1.807, 2.05) is 17.0 Å². The molecule has 2 heterocycles. The molecule has 0 aliphatic carbocycles. The molecule has 2 rings (SSSR count). The molecule has 1 aromatic heterocycles. The van der Waals surface area contributed by atoms with Crippen LogP contribution in [0.5, 0.6) is 0 Å². The molecule has 0 atom stereocenters. The summed E-state index contributed by atoms with van der Waals surface area (Å²) in [4.78, 5) is 12.0. The molecule has 112 valence electrons. The molecule has 1 aromatic rings. The fourth-order valence-electron chi connectivity index (χ4n) is 2.38. The van der Waals surface area contributed by atoms with Gasteiger partial charge in [-0.1, -0.05) is 6.92 Å². The van der Waals surface area contributed by atoms with Crippen LogP contribution in [0.15, 0.2) is 18.5 Å². The van der Waals surface area contributed by atoms with Crippen molar-refractivity contribution in [1.29, 1.82) is 0 Å².